The fraction of sp³-hybridized carbons (Fsp3) is 0.286. The molecule has 0 unspecified atom stereocenters. The first-order valence-corrected chi connectivity index (χ1v) is 5.83. The number of aromatic nitrogens is 1. The van der Waals surface area contributed by atoms with Crippen LogP contribution in [0.1, 0.15) is 0 Å². The first-order valence-electron chi connectivity index (χ1n) is 3.52. The van der Waals surface area contributed by atoms with Crippen LogP contribution in [0.15, 0.2) is 17.2 Å². The molecule has 78 valence electrons. The summed E-state index contributed by atoms with van der Waals surface area (Å²) in [5.41, 5.74) is 0. The number of halogens is 1. The van der Waals surface area contributed by atoms with E-state index in [1.807, 2.05) is 0 Å². The van der Waals surface area contributed by atoms with E-state index in [4.69, 9.17) is 20.2 Å². The third kappa shape index (κ3) is 2.49. The monoisotopic (exact) mass is 237 g/mol. The van der Waals surface area contributed by atoms with E-state index < -0.39 is 9.05 Å². The van der Waals surface area contributed by atoms with Gasteiger partial charge in [0.1, 0.15) is 5.75 Å². The third-order valence-electron chi connectivity index (χ3n) is 1.45. The number of nitrogens with zero attached hydrogens (tertiary/aromatic N) is 1. The van der Waals surface area contributed by atoms with Crippen LogP contribution in [0.3, 0.4) is 0 Å². The quantitative estimate of drug-likeness (QED) is 0.735. The van der Waals surface area contributed by atoms with E-state index in [-0.39, 0.29) is 10.9 Å². The van der Waals surface area contributed by atoms with Crippen molar-refractivity contribution in [2.75, 3.05) is 14.2 Å². The zero-order chi connectivity index (χ0) is 10.8. The third-order valence-corrected chi connectivity index (χ3v) is 2.63. The highest BCUT2D eigenvalue weighted by molar-refractivity contribution is 8.13. The minimum absolute atomic E-state index is 0.128. The lowest BCUT2D eigenvalue weighted by Crippen LogP contribution is -1.98. The van der Waals surface area contributed by atoms with E-state index in [9.17, 15) is 8.42 Å². The average Bonchev–Trinajstić information content (AvgIpc) is 2.15. The van der Waals surface area contributed by atoms with Gasteiger partial charge in [0.05, 0.1) is 14.2 Å². The Kier molecular flexibility index (Phi) is 3.17. The lowest BCUT2D eigenvalue weighted by Gasteiger charge is -2.04. The molecule has 1 heterocycles. The summed E-state index contributed by atoms with van der Waals surface area (Å²) in [5.74, 6) is 0.444. The highest BCUT2D eigenvalue weighted by Gasteiger charge is 2.15. The van der Waals surface area contributed by atoms with Crippen molar-refractivity contribution in [2.24, 2.45) is 0 Å². The van der Waals surface area contributed by atoms with Crippen LogP contribution in [-0.2, 0) is 9.05 Å². The molecule has 7 heteroatoms. The van der Waals surface area contributed by atoms with E-state index in [1.54, 1.807) is 0 Å². The smallest absolute Gasteiger partial charge is 0.278 e. The van der Waals surface area contributed by atoms with Gasteiger partial charge in [-0.05, 0) is 0 Å². The van der Waals surface area contributed by atoms with E-state index in [2.05, 4.69) is 4.98 Å². The molecular formula is C7H8ClNO4S. The van der Waals surface area contributed by atoms with Gasteiger partial charge in [-0.15, -0.1) is 0 Å². The van der Waals surface area contributed by atoms with Crippen LogP contribution < -0.4 is 9.47 Å². The van der Waals surface area contributed by atoms with Crippen LogP contribution in [0, 0.1) is 0 Å². The number of hydrogen-bond acceptors (Lipinski definition) is 5. The minimum Gasteiger partial charge on any atom is -0.496 e. The zero-order valence-electron chi connectivity index (χ0n) is 7.52. The lowest BCUT2D eigenvalue weighted by atomic mass is 10.4. The van der Waals surface area contributed by atoms with Crippen LogP contribution in [0.5, 0.6) is 11.6 Å². The highest BCUT2D eigenvalue weighted by atomic mass is 35.7. The molecular weight excluding hydrogens is 230 g/mol. The standard InChI is InChI=1S/C7H8ClNO4S/c1-12-5-3-6(13-2)9-7(4-5)14(8,10)11/h3-4H,1-2H3. The molecule has 0 aliphatic heterocycles. The van der Waals surface area contributed by atoms with Crippen LogP contribution in [0.4, 0.5) is 0 Å². The van der Waals surface area contributed by atoms with Crippen molar-refractivity contribution in [3.8, 4) is 11.6 Å². The van der Waals surface area contributed by atoms with Gasteiger partial charge < -0.3 is 9.47 Å². The first-order chi connectivity index (χ1) is 6.47. The molecule has 0 N–H and O–H groups in total. The molecule has 0 saturated carbocycles. The Morgan fingerprint density at radius 3 is 2.36 bits per heavy atom. The molecule has 0 saturated heterocycles. The Morgan fingerprint density at radius 2 is 1.93 bits per heavy atom. The Hall–Kier alpha value is -1.01. The Balaban J connectivity index is 3.32. The second-order valence-corrected chi connectivity index (χ2v) is 4.84. The molecule has 0 atom stereocenters. The molecule has 0 bridgehead atoms. The second kappa shape index (κ2) is 4.02. The van der Waals surface area contributed by atoms with Crippen LogP contribution in [0.25, 0.3) is 0 Å². The summed E-state index contributed by atoms with van der Waals surface area (Å²) >= 11 is 0. The summed E-state index contributed by atoms with van der Waals surface area (Å²) < 4.78 is 31.5. The SMILES string of the molecule is COc1cc(OC)nc(S(=O)(=O)Cl)c1. The number of methoxy groups -OCH3 is 2. The van der Waals surface area contributed by atoms with Gasteiger partial charge in [-0.3, -0.25) is 0 Å². The Morgan fingerprint density at radius 1 is 1.29 bits per heavy atom. The van der Waals surface area contributed by atoms with Crippen molar-refractivity contribution >= 4 is 19.7 Å². The van der Waals surface area contributed by atoms with Crippen molar-refractivity contribution in [1.82, 2.24) is 4.98 Å². The summed E-state index contributed by atoms with van der Waals surface area (Å²) in [6, 6.07) is 2.66. The van der Waals surface area contributed by atoms with Crippen LogP contribution >= 0.6 is 10.7 Å². The van der Waals surface area contributed by atoms with E-state index >= 15 is 0 Å². The zero-order valence-corrected chi connectivity index (χ0v) is 9.09. The summed E-state index contributed by atoms with van der Waals surface area (Å²) in [4.78, 5) is 3.65. The maximum Gasteiger partial charge on any atom is 0.278 e. The van der Waals surface area contributed by atoms with Crippen molar-refractivity contribution in [3.05, 3.63) is 12.1 Å². The lowest BCUT2D eigenvalue weighted by molar-refractivity contribution is 0.377. The van der Waals surface area contributed by atoms with Crippen molar-refractivity contribution < 1.29 is 17.9 Å². The molecule has 5 nitrogen and oxygen atoms in total. The summed E-state index contributed by atoms with van der Waals surface area (Å²) in [6.45, 7) is 0. The maximum atomic E-state index is 11.0. The summed E-state index contributed by atoms with van der Waals surface area (Å²) in [5, 5.41) is -0.296. The molecule has 0 aromatic carbocycles. The number of hydrogen-bond donors (Lipinski definition) is 0. The molecule has 0 aliphatic carbocycles. The average molecular weight is 238 g/mol. The van der Waals surface area contributed by atoms with E-state index in [1.165, 1.54) is 26.4 Å². The van der Waals surface area contributed by atoms with Crippen molar-refractivity contribution in [2.45, 2.75) is 5.03 Å². The van der Waals surface area contributed by atoms with Gasteiger partial charge in [0.25, 0.3) is 9.05 Å². The van der Waals surface area contributed by atoms with E-state index in [0.717, 1.165) is 0 Å². The number of pyridine rings is 1. The van der Waals surface area contributed by atoms with Gasteiger partial charge >= 0.3 is 0 Å². The van der Waals surface area contributed by atoms with Crippen molar-refractivity contribution in [3.63, 3.8) is 0 Å². The van der Waals surface area contributed by atoms with Gasteiger partial charge in [-0.1, -0.05) is 0 Å². The predicted octanol–water partition coefficient (Wildman–Crippen LogP) is 1.03. The number of rotatable bonds is 3. The van der Waals surface area contributed by atoms with Crippen molar-refractivity contribution in [1.29, 1.82) is 0 Å². The Labute approximate surface area is 86.0 Å². The molecule has 0 aliphatic rings. The topological polar surface area (TPSA) is 65.5 Å². The van der Waals surface area contributed by atoms with Gasteiger partial charge in [-0.2, -0.15) is 0 Å². The fourth-order valence-electron chi connectivity index (χ4n) is 0.806. The molecule has 1 rings (SSSR count). The molecule has 1 aromatic heterocycles. The molecule has 0 amide bonds. The summed E-state index contributed by atoms with van der Waals surface area (Å²) in [6.07, 6.45) is 0. The van der Waals surface area contributed by atoms with Gasteiger partial charge in [0, 0.05) is 22.8 Å². The molecule has 0 spiro atoms. The van der Waals surface area contributed by atoms with Gasteiger partial charge in [0.15, 0.2) is 5.03 Å². The highest BCUT2D eigenvalue weighted by Crippen LogP contribution is 2.23. The molecule has 0 radical (unpaired) electrons. The fourth-order valence-corrected chi connectivity index (χ4v) is 1.50. The normalized spacial score (nSPS) is 11.1. The van der Waals surface area contributed by atoms with Crippen LogP contribution in [0.2, 0.25) is 0 Å². The van der Waals surface area contributed by atoms with Gasteiger partial charge in [0.2, 0.25) is 5.88 Å². The van der Waals surface area contributed by atoms with Crippen LogP contribution in [-0.4, -0.2) is 27.6 Å². The van der Waals surface area contributed by atoms with Gasteiger partial charge in [-0.25, -0.2) is 13.4 Å². The second-order valence-electron chi connectivity index (χ2n) is 2.33. The molecule has 1 aromatic rings. The summed E-state index contributed by atoms with van der Waals surface area (Å²) in [7, 11) is 4.02. The molecule has 0 fully saturated rings. The maximum absolute atomic E-state index is 11.0. The van der Waals surface area contributed by atoms with E-state index in [0.29, 0.717) is 5.75 Å². The minimum atomic E-state index is -3.87. The predicted molar refractivity (Wildman–Crippen MR) is 50.4 cm³/mol. The Bertz CT molecular complexity index is 409. The molecule has 14 heavy (non-hydrogen) atoms. The first kappa shape index (κ1) is 11.1. The number of ether oxygens (including phenoxy) is 2. The largest absolute Gasteiger partial charge is 0.496 e.